The van der Waals surface area contributed by atoms with E-state index >= 15 is 0 Å². The minimum atomic E-state index is 0.556. The van der Waals surface area contributed by atoms with Gasteiger partial charge in [-0.3, -0.25) is 0 Å². The molecule has 0 bridgehead atoms. The minimum Gasteiger partial charge on any atom is -0.236 e. The second kappa shape index (κ2) is 4.47. The predicted octanol–water partition coefficient (Wildman–Crippen LogP) is 4.70. The number of nitrogens with zero attached hydrogens (tertiary/aromatic N) is 1. The monoisotopic (exact) mass is 259 g/mol. The molecule has 0 saturated carbocycles. The molecule has 84 valence electrons. The van der Waals surface area contributed by atoms with Crippen LogP contribution in [0, 0.1) is 0 Å². The van der Waals surface area contributed by atoms with Gasteiger partial charge in [-0.1, -0.05) is 36.4 Å². The van der Waals surface area contributed by atoms with E-state index in [1.165, 1.54) is 4.70 Å². The Morgan fingerprint density at radius 2 is 1.76 bits per heavy atom. The van der Waals surface area contributed by atoms with Crippen LogP contribution in [-0.4, -0.2) is 4.98 Å². The highest BCUT2D eigenvalue weighted by Gasteiger charge is 2.05. The molecule has 3 rings (SSSR count). The van der Waals surface area contributed by atoms with Gasteiger partial charge in [0.1, 0.15) is 5.01 Å². The van der Waals surface area contributed by atoms with Crippen LogP contribution in [0.2, 0.25) is 0 Å². The van der Waals surface area contributed by atoms with Crippen LogP contribution in [0.1, 0.15) is 5.56 Å². The summed E-state index contributed by atoms with van der Waals surface area (Å²) < 4.78 is 1.23. The molecule has 0 fully saturated rings. The van der Waals surface area contributed by atoms with Gasteiger partial charge in [-0.2, -0.15) is 0 Å². The van der Waals surface area contributed by atoms with E-state index in [1.807, 2.05) is 18.2 Å². The maximum Gasteiger partial charge on any atom is 0.124 e. The second-order valence-corrected chi connectivity index (χ2v) is 5.12. The number of alkyl halides is 1. The molecule has 0 aliphatic heterocycles. The van der Waals surface area contributed by atoms with Crippen molar-refractivity contribution in [2.75, 3.05) is 0 Å². The molecule has 3 aromatic rings. The van der Waals surface area contributed by atoms with Crippen LogP contribution in [0.15, 0.2) is 48.5 Å². The SMILES string of the molecule is ClCc1ccc(-c2nc3ccccc3s2)cc1. The third-order valence-corrected chi connectivity index (χ3v) is 4.04. The lowest BCUT2D eigenvalue weighted by molar-refractivity contribution is 1.39. The highest BCUT2D eigenvalue weighted by molar-refractivity contribution is 7.21. The molecule has 0 radical (unpaired) electrons. The fraction of sp³-hybridized carbons (Fsp3) is 0.0714. The van der Waals surface area contributed by atoms with E-state index in [4.69, 9.17) is 11.6 Å². The Bertz CT molecular complexity index is 610. The van der Waals surface area contributed by atoms with Crippen molar-refractivity contribution in [1.82, 2.24) is 4.98 Å². The van der Waals surface area contributed by atoms with Crippen LogP contribution >= 0.6 is 22.9 Å². The van der Waals surface area contributed by atoms with E-state index in [0.29, 0.717) is 5.88 Å². The van der Waals surface area contributed by atoms with E-state index in [2.05, 4.69) is 35.3 Å². The molecule has 3 heteroatoms. The average molecular weight is 260 g/mol. The number of benzene rings is 2. The van der Waals surface area contributed by atoms with Gasteiger partial charge in [0.05, 0.1) is 10.2 Å². The topological polar surface area (TPSA) is 12.9 Å². The first-order chi connectivity index (χ1) is 8.36. The second-order valence-electron chi connectivity index (χ2n) is 3.82. The average Bonchev–Trinajstić information content (AvgIpc) is 2.82. The van der Waals surface area contributed by atoms with Crippen molar-refractivity contribution in [2.45, 2.75) is 5.88 Å². The maximum absolute atomic E-state index is 5.78. The molecule has 1 nitrogen and oxygen atoms in total. The molecular weight excluding hydrogens is 250 g/mol. The highest BCUT2D eigenvalue weighted by Crippen LogP contribution is 2.30. The van der Waals surface area contributed by atoms with Gasteiger partial charge in [-0.15, -0.1) is 22.9 Å². The van der Waals surface area contributed by atoms with Crippen molar-refractivity contribution in [3.8, 4) is 10.6 Å². The number of rotatable bonds is 2. The smallest absolute Gasteiger partial charge is 0.124 e. The lowest BCUT2D eigenvalue weighted by Gasteiger charge is -1.97. The number of halogens is 1. The van der Waals surface area contributed by atoms with E-state index in [1.54, 1.807) is 11.3 Å². The lowest BCUT2D eigenvalue weighted by Crippen LogP contribution is -1.79. The quantitative estimate of drug-likeness (QED) is 0.608. The van der Waals surface area contributed by atoms with E-state index in [0.717, 1.165) is 21.7 Å². The molecule has 1 aromatic heterocycles. The van der Waals surface area contributed by atoms with Crippen molar-refractivity contribution in [3.05, 3.63) is 54.1 Å². The first kappa shape index (κ1) is 10.8. The number of hydrogen-bond acceptors (Lipinski definition) is 2. The summed E-state index contributed by atoms with van der Waals surface area (Å²) in [6.45, 7) is 0. The Labute approximate surface area is 109 Å². The number of hydrogen-bond donors (Lipinski definition) is 0. The Balaban J connectivity index is 2.07. The Kier molecular flexibility index (Phi) is 2.83. The van der Waals surface area contributed by atoms with Crippen molar-refractivity contribution in [3.63, 3.8) is 0 Å². The van der Waals surface area contributed by atoms with Gasteiger partial charge < -0.3 is 0 Å². The van der Waals surface area contributed by atoms with Crippen LogP contribution < -0.4 is 0 Å². The van der Waals surface area contributed by atoms with Gasteiger partial charge >= 0.3 is 0 Å². The fourth-order valence-corrected chi connectivity index (χ4v) is 2.88. The summed E-state index contributed by atoms with van der Waals surface area (Å²) in [5.41, 5.74) is 3.35. The summed E-state index contributed by atoms with van der Waals surface area (Å²) in [5, 5.41) is 1.06. The first-order valence-electron chi connectivity index (χ1n) is 5.37. The molecular formula is C14H10ClNS. The summed E-state index contributed by atoms with van der Waals surface area (Å²) in [6.07, 6.45) is 0. The highest BCUT2D eigenvalue weighted by atomic mass is 35.5. The minimum absolute atomic E-state index is 0.556. The molecule has 0 spiro atoms. The molecule has 0 aliphatic carbocycles. The molecule has 0 aliphatic rings. The normalized spacial score (nSPS) is 10.9. The summed E-state index contributed by atoms with van der Waals surface area (Å²) in [5.74, 6) is 0.556. The largest absolute Gasteiger partial charge is 0.236 e. The van der Waals surface area contributed by atoms with Crippen LogP contribution in [0.5, 0.6) is 0 Å². The molecule has 0 atom stereocenters. The van der Waals surface area contributed by atoms with Crippen LogP contribution in [0.25, 0.3) is 20.8 Å². The van der Waals surface area contributed by atoms with Crippen LogP contribution in [0.4, 0.5) is 0 Å². The molecule has 1 heterocycles. The van der Waals surface area contributed by atoms with Gasteiger partial charge in [0.15, 0.2) is 0 Å². The van der Waals surface area contributed by atoms with Gasteiger partial charge in [0.25, 0.3) is 0 Å². The summed E-state index contributed by atoms with van der Waals surface area (Å²) >= 11 is 7.50. The fourth-order valence-electron chi connectivity index (χ4n) is 1.73. The van der Waals surface area contributed by atoms with Gasteiger partial charge in [0, 0.05) is 11.4 Å². The Hall–Kier alpha value is -1.38. The van der Waals surface area contributed by atoms with Gasteiger partial charge in [-0.25, -0.2) is 4.98 Å². The Morgan fingerprint density at radius 3 is 2.47 bits per heavy atom. The summed E-state index contributed by atoms with van der Waals surface area (Å²) in [7, 11) is 0. The molecule has 0 saturated heterocycles. The first-order valence-corrected chi connectivity index (χ1v) is 6.73. The van der Waals surface area contributed by atoms with E-state index in [9.17, 15) is 0 Å². The zero-order valence-electron chi connectivity index (χ0n) is 9.06. The van der Waals surface area contributed by atoms with Gasteiger partial charge in [0.2, 0.25) is 0 Å². The Morgan fingerprint density at radius 1 is 1.00 bits per heavy atom. The molecule has 2 aromatic carbocycles. The molecule has 0 N–H and O–H groups in total. The van der Waals surface area contributed by atoms with E-state index in [-0.39, 0.29) is 0 Å². The number of aromatic nitrogens is 1. The number of thiazole rings is 1. The molecule has 0 amide bonds. The third kappa shape index (κ3) is 2.06. The predicted molar refractivity (Wildman–Crippen MR) is 74.6 cm³/mol. The van der Waals surface area contributed by atoms with Gasteiger partial charge in [-0.05, 0) is 17.7 Å². The van der Waals surface area contributed by atoms with Crippen molar-refractivity contribution in [1.29, 1.82) is 0 Å². The maximum atomic E-state index is 5.78. The zero-order chi connectivity index (χ0) is 11.7. The number of para-hydroxylation sites is 1. The van der Waals surface area contributed by atoms with Crippen LogP contribution in [0.3, 0.4) is 0 Å². The van der Waals surface area contributed by atoms with Crippen molar-refractivity contribution >= 4 is 33.2 Å². The number of fused-ring (bicyclic) bond motifs is 1. The van der Waals surface area contributed by atoms with Crippen LogP contribution in [-0.2, 0) is 5.88 Å². The standard InChI is InChI=1S/C14H10ClNS/c15-9-10-5-7-11(8-6-10)14-16-12-3-1-2-4-13(12)17-14/h1-8H,9H2. The summed E-state index contributed by atoms with van der Waals surface area (Å²) in [6, 6.07) is 16.5. The molecule has 17 heavy (non-hydrogen) atoms. The lowest BCUT2D eigenvalue weighted by atomic mass is 10.2. The molecule has 0 unspecified atom stereocenters. The van der Waals surface area contributed by atoms with Crippen molar-refractivity contribution < 1.29 is 0 Å². The van der Waals surface area contributed by atoms with Crippen molar-refractivity contribution in [2.24, 2.45) is 0 Å². The van der Waals surface area contributed by atoms with E-state index < -0.39 is 0 Å². The summed E-state index contributed by atoms with van der Waals surface area (Å²) in [4.78, 5) is 4.62. The zero-order valence-corrected chi connectivity index (χ0v) is 10.6. The third-order valence-electron chi connectivity index (χ3n) is 2.65.